The lowest BCUT2D eigenvalue weighted by Gasteiger charge is -2.23. The summed E-state index contributed by atoms with van der Waals surface area (Å²) < 4.78 is 0. The molecule has 0 atom stereocenters. The minimum Gasteiger partial charge on any atom is -0.359 e. The van der Waals surface area contributed by atoms with Crippen molar-refractivity contribution in [1.29, 1.82) is 0 Å². The van der Waals surface area contributed by atoms with Crippen LogP contribution in [-0.2, 0) is 9.59 Å². The summed E-state index contributed by atoms with van der Waals surface area (Å²) in [6.45, 7) is 2.60. The molecule has 5 nitrogen and oxygen atoms in total. The Kier molecular flexibility index (Phi) is 7.12. The van der Waals surface area contributed by atoms with Crippen molar-refractivity contribution < 1.29 is 9.59 Å². The SMILES string of the molecule is CNC(=O)CCN(C)C(=O)CSC1CCNCC1. The van der Waals surface area contributed by atoms with Crippen LogP contribution in [0.4, 0.5) is 0 Å². The Labute approximate surface area is 113 Å². The standard InChI is InChI=1S/C12H23N3O2S/c1-13-11(16)5-8-15(2)12(17)9-18-10-3-6-14-7-4-10/h10,14H,3-9H2,1-2H3,(H,13,16). The lowest BCUT2D eigenvalue weighted by atomic mass is 10.2. The molecule has 2 amide bonds. The first kappa shape index (κ1) is 15.3. The molecule has 0 aromatic heterocycles. The van der Waals surface area contributed by atoms with Crippen LogP contribution >= 0.6 is 11.8 Å². The van der Waals surface area contributed by atoms with Gasteiger partial charge in [-0.3, -0.25) is 9.59 Å². The second-order valence-corrected chi connectivity index (χ2v) is 5.79. The van der Waals surface area contributed by atoms with Gasteiger partial charge in [0.25, 0.3) is 0 Å². The summed E-state index contributed by atoms with van der Waals surface area (Å²) in [5.41, 5.74) is 0. The van der Waals surface area contributed by atoms with Crippen molar-refractivity contribution in [2.45, 2.75) is 24.5 Å². The minimum absolute atomic E-state index is 0.0272. The zero-order valence-electron chi connectivity index (χ0n) is 11.2. The number of rotatable bonds is 6. The van der Waals surface area contributed by atoms with Gasteiger partial charge in [0.05, 0.1) is 5.75 Å². The predicted molar refractivity (Wildman–Crippen MR) is 74.7 cm³/mol. The fourth-order valence-electron chi connectivity index (χ4n) is 1.78. The monoisotopic (exact) mass is 273 g/mol. The van der Waals surface area contributed by atoms with Crippen LogP contribution in [0.2, 0.25) is 0 Å². The van der Waals surface area contributed by atoms with E-state index in [0.717, 1.165) is 25.9 Å². The minimum atomic E-state index is -0.0272. The molecule has 1 aliphatic rings. The molecule has 0 aliphatic carbocycles. The number of carbonyl (C=O) groups excluding carboxylic acids is 2. The van der Waals surface area contributed by atoms with Crippen molar-refractivity contribution in [3.05, 3.63) is 0 Å². The van der Waals surface area contributed by atoms with Crippen molar-refractivity contribution in [3.63, 3.8) is 0 Å². The van der Waals surface area contributed by atoms with Crippen LogP contribution in [0.15, 0.2) is 0 Å². The van der Waals surface area contributed by atoms with Crippen molar-refractivity contribution in [2.75, 3.05) is 39.5 Å². The summed E-state index contributed by atoms with van der Waals surface area (Å²) >= 11 is 1.74. The topological polar surface area (TPSA) is 61.4 Å². The van der Waals surface area contributed by atoms with Gasteiger partial charge in [-0.2, -0.15) is 0 Å². The number of nitrogens with zero attached hydrogens (tertiary/aromatic N) is 1. The van der Waals surface area contributed by atoms with Crippen molar-refractivity contribution in [3.8, 4) is 0 Å². The second-order valence-electron chi connectivity index (χ2n) is 4.50. The van der Waals surface area contributed by atoms with E-state index in [1.807, 2.05) is 0 Å². The zero-order valence-corrected chi connectivity index (χ0v) is 12.0. The molecule has 18 heavy (non-hydrogen) atoms. The average molecular weight is 273 g/mol. The highest BCUT2D eigenvalue weighted by Gasteiger charge is 2.16. The molecule has 1 rings (SSSR count). The Morgan fingerprint density at radius 3 is 2.67 bits per heavy atom. The lowest BCUT2D eigenvalue weighted by Crippen LogP contribution is -2.34. The van der Waals surface area contributed by atoms with Crippen LogP contribution in [0, 0.1) is 0 Å². The van der Waals surface area contributed by atoms with E-state index in [-0.39, 0.29) is 11.8 Å². The Morgan fingerprint density at radius 2 is 2.06 bits per heavy atom. The maximum atomic E-state index is 11.8. The summed E-state index contributed by atoms with van der Waals surface area (Å²) in [4.78, 5) is 24.6. The molecule has 0 saturated carbocycles. The van der Waals surface area contributed by atoms with Gasteiger partial charge >= 0.3 is 0 Å². The molecular formula is C12H23N3O2S. The normalized spacial score (nSPS) is 16.3. The van der Waals surface area contributed by atoms with E-state index in [4.69, 9.17) is 0 Å². The van der Waals surface area contributed by atoms with Gasteiger partial charge in [0.15, 0.2) is 0 Å². The van der Waals surface area contributed by atoms with Crippen LogP contribution in [-0.4, -0.2) is 61.4 Å². The Bertz CT molecular complexity index is 280. The Balaban J connectivity index is 2.16. The molecule has 0 bridgehead atoms. The maximum Gasteiger partial charge on any atom is 0.232 e. The highest BCUT2D eigenvalue weighted by atomic mass is 32.2. The van der Waals surface area contributed by atoms with E-state index >= 15 is 0 Å². The van der Waals surface area contributed by atoms with E-state index in [1.54, 1.807) is 30.8 Å². The highest BCUT2D eigenvalue weighted by molar-refractivity contribution is 8.00. The highest BCUT2D eigenvalue weighted by Crippen LogP contribution is 2.20. The Hall–Kier alpha value is -0.750. The molecule has 0 aromatic rings. The number of piperidine rings is 1. The van der Waals surface area contributed by atoms with Gasteiger partial charge in [0, 0.05) is 32.3 Å². The van der Waals surface area contributed by atoms with Gasteiger partial charge in [0.1, 0.15) is 0 Å². The van der Waals surface area contributed by atoms with Crippen LogP contribution in [0.5, 0.6) is 0 Å². The second kappa shape index (κ2) is 8.37. The number of carbonyl (C=O) groups is 2. The molecular weight excluding hydrogens is 250 g/mol. The Morgan fingerprint density at radius 1 is 1.39 bits per heavy atom. The predicted octanol–water partition coefficient (Wildman–Crippen LogP) is 0.0661. The van der Waals surface area contributed by atoms with Gasteiger partial charge < -0.3 is 15.5 Å². The molecule has 1 fully saturated rings. The van der Waals surface area contributed by atoms with Crippen LogP contribution in [0.1, 0.15) is 19.3 Å². The van der Waals surface area contributed by atoms with Crippen molar-refractivity contribution in [1.82, 2.24) is 15.5 Å². The van der Waals surface area contributed by atoms with Gasteiger partial charge in [-0.25, -0.2) is 0 Å². The molecule has 1 saturated heterocycles. The number of hydrogen-bond donors (Lipinski definition) is 2. The number of amides is 2. The fraction of sp³-hybridized carbons (Fsp3) is 0.833. The molecule has 2 N–H and O–H groups in total. The third kappa shape index (κ3) is 5.73. The molecule has 104 valence electrons. The summed E-state index contributed by atoms with van der Waals surface area (Å²) in [5.74, 6) is 0.609. The largest absolute Gasteiger partial charge is 0.359 e. The molecule has 0 unspecified atom stereocenters. The molecule has 0 spiro atoms. The first-order valence-corrected chi connectivity index (χ1v) is 7.45. The number of nitrogens with one attached hydrogen (secondary N) is 2. The average Bonchev–Trinajstić information content (AvgIpc) is 2.42. The molecule has 1 heterocycles. The van der Waals surface area contributed by atoms with Crippen molar-refractivity contribution in [2.24, 2.45) is 0 Å². The third-order valence-electron chi connectivity index (χ3n) is 3.11. The summed E-state index contributed by atoms with van der Waals surface area (Å²) in [6, 6.07) is 0. The van der Waals surface area contributed by atoms with Gasteiger partial charge in [-0.05, 0) is 25.9 Å². The van der Waals surface area contributed by atoms with E-state index in [2.05, 4.69) is 10.6 Å². The molecule has 0 aromatic carbocycles. The number of hydrogen-bond acceptors (Lipinski definition) is 4. The van der Waals surface area contributed by atoms with E-state index in [1.165, 1.54) is 0 Å². The zero-order chi connectivity index (χ0) is 13.4. The maximum absolute atomic E-state index is 11.8. The molecule has 1 aliphatic heterocycles. The van der Waals surface area contributed by atoms with E-state index in [9.17, 15) is 9.59 Å². The summed E-state index contributed by atoms with van der Waals surface area (Å²) in [5, 5.41) is 6.46. The third-order valence-corrected chi connectivity index (χ3v) is 4.46. The van der Waals surface area contributed by atoms with Gasteiger partial charge in [-0.1, -0.05) is 0 Å². The van der Waals surface area contributed by atoms with Crippen LogP contribution < -0.4 is 10.6 Å². The van der Waals surface area contributed by atoms with Gasteiger partial charge in [-0.15, -0.1) is 11.8 Å². The van der Waals surface area contributed by atoms with E-state index < -0.39 is 0 Å². The molecule has 6 heteroatoms. The first-order chi connectivity index (χ1) is 8.63. The van der Waals surface area contributed by atoms with E-state index in [0.29, 0.717) is 24.0 Å². The van der Waals surface area contributed by atoms with Crippen LogP contribution in [0.3, 0.4) is 0 Å². The smallest absolute Gasteiger partial charge is 0.232 e. The van der Waals surface area contributed by atoms with Crippen molar-refractivity contribution >= 4 is 23.6 Å². The van der Waals surface area contributed by atoms with Gasteiger partial charge in [0.2, 0.25) is 11.8 Å². The summed E-state index contributed by atoms with van der Waals surface area (Å²) in [7, 11) is 3.37. The summed E-state index contributed by atoms with van der Waals surface area (Å²) in [6.07, 6.45) is 2.65. The van der Waals surface area contributed by atoms with Crippen LogP contribution in [0.25, 0.3) is 0 Å². The fourth-order valence-corrected chi connectivity index (χ4v) is 2.95. The molecule has 0 radical (unpaired) electrons. The number of thioether (sulfide) groups is 1. The quantitative estimate of drug-likeness (QED) is 0.719. The lowest BCUT2D eigenvalue weighted by molar-refractivity contribution is -0.128. The first-order valence-electron chi connectivity index (χ1n) is 6.40.